The fourth-order valence-corrected chi connectivity index (χ4v) is 2.67. The van der Waals surface area contributed by atoms with E-state index in [-0.39, 0.29) is 29.0 Å². The Hall–Kier alpha value is -2.66. The van der Waals surface area contributed by atoms with Crippen molar-refractivity contribution in [2.45, 2.75) is 13.2 Å². The molecule has 3 rings (SSSR count). The van der Waals surface area contributed by atoms with E-state index in [4.69, 9.17) is 9.47 Å². The van der Waals surface area contributed by atoms with Crippen LogP contribution in [0, 0.1) is 5.82 Å². The molecule has 0 N–H and O–H groups in total. The molecule has 0 spiro atoms. The Labute approximate surface area is 159 Å². The maximum absolute atomic E-state index is 13.9. The molecule has 3 nitrogen and oxygen atoms in total. The van der Waals surface area contributed by atoms with Gasteiger partial charge >= 0.3 is 5.97 Å². The zero-order valence-electron chi connectivity index (χ0n) is 13.8. The number of carbonyl (C=O) groups is 1. The highest BCUT2D eigenvalue weighted by Crippen LogP contribution is 2.28. The second kappa shape index (κ2) is 8.63. The van der Waals surface area contributed by atoms with Gasteiger partial charge in [0.2, 0.25) is 0 Å². The molecule has 0 aliphatic heterocycles. The van der Waals surface area contributed by atoms with Crippen LogP contribution in [0.15, 0.2) is 77.3 Å². The van der Waals surface area contributed by atoms with Gasteiger partial charge in [0, 0.05) is 0 Å². The maximum atomic E-state index is 13.9. The zero-order valence-corrected chi connectivity index (χ0v) is 15.4. The first-order chi connectivity index (χ1) is 12.6. The Balaban J connectivity index is 1.76. The molecule has 0 atom stereocenters. The summed E-state index contributed by atoms with van der Waals surface area (Å²) in [6.45, 7) is 0.368. The third-order valence-electron chi connectivity index (χ3n) is 3.69. The summed E-state index contributed by atoms with van der Waals surface area (Å²) in [5.41, 5.74) is 1.85. The lowest BCUT2D eigenvalue weighted by Crippen LogP contribution is -2.09. The van der Waals surface area contributed by atoms with Crippen molar-refractivity contribution in [1.82, 2.24) is 0 Å². The number of hydrogen-bond acceptors (Lipinski definition) is 3. The molecule has 0 radical (unpaired) electrons. The van der Waals surface area contributed by atoms with Crippen molar-refractivity contribution in [3.8, 4) is 5.75 Å². The highest BCUT2D eigenvalue weighted by molar-refractivity contribution is 9.10. The summed E-state index contributed by atoms with van der Waals surface area (Å²) in [7, 11) is 0. The second-order valence-corrected chi connectivity index (χ2v) is 6.45. The SMILES string of the molecule is O=C(OCc1ccccc1)c1cc(F)c(Br)cc1OCc1ccccc1. The number of carbonyl (C=O) groups excluding carboxylic acids is 1. The molecule has 0 unspecified atom stereocenters. The summed E-state index contributed by atoms with van der Waals surface area (Å²) in [5.74, 6) is -0.924. The predicted molar refractivity (Wildman–Crippen MR) is 100 cm³/mol. The van der Waals surface area contributed by atoms with E-state index >= 15 is 0 Å². The highest BCUT2D eigenvalue weighted by Gasteiger charge is 2.18. The normalized spacial score (nSPS) is 10.4. The second-order valence-electron chi connectivity index (χ2n) is 5.60. The van der Waals surface area contributed by atoms with E-state index < -0.39 is 11.8 Å². The van der Waals surface area contributed by atoms with Gasteiger partial charge in [0.15, 0.2) is 0 Å². The van der Waals surface area contributed by atoms with Crippen LogP contribution in [0.1, 0.15) is 21.5 Å². The van der Waals surface area contributed by atoms with Crippen molar-refractivity contribution in [3.05, 3.63) is 99.8 Å². The monoisotopic (exact) mass is 414 g/mol. The first-order valence-electron chi connectivity index (χ1n) is 8.00. The maximum Gasteiger partial charge on any atom is 0.342 e. The molecular weight excluding hydrogens is 399 g/mol. The van der Waals surface area contributed by atoms with Gasteiger partial charge in [-0.2, -0.15) is 0 Å². The van der Waals surface area contributed by atoms with Crippen LogP contribution in [0.5, 0.6) is 5.75 Å². The van der Waals surface area contributed by atoms with Crippen LogP contribution in [0.4, 0.5) is 4.39 Å². The molecule has 0 heterocycles. The quantitative estimate of drug-likeness (QED) is 0.497. The van der Waals surface area contributed by atoms with E-state index in [2.05, 4.69) is 15.9 Å². The van der Waals surface area contributed by atoms with E-state index in [1.54, 1.807) is 0 Å². The molecule has 3 aromatic carbocycles. The summed E-state index contributed by atoms with van der Waals surface area (Å²) in [4.78, 5) is 12.4. The number of halogens is 2. The molecule has 0 saturated carbocycles. The summed E-state index contributed by atoms with van der Waals surface area (Å²) in [6, 6.07) is 21.4. The number of hydrogen-bond donors (Lipinski definition) is 0. The molecule has 0 amide bonds. The molecule has 0 bridgehead atoms. The molecular formula is C21H16BrFO3. The third kappa shape index (κ3) is 4.70. The third-order valence-corrected chi connectivity index (χ3v) is 4.30. The van der Waals surface area contributed by atoms with Crippen molar-refractivity contribution < 1.29 is 18.7 Å². The predicted octanol–water partition coefficient (Wildman–Crippen LogP) is 5.52. The van der Waals surface area contributed by atoms with Gasteiger partial charge in [-0.05, 0) is 39.2 Å². The Morgan fingerprint density at radius 3 is 2.08 bits per heavy atom. The van der Waals surface area contributed by atoms with Gasteiger partial charge in [-0.3, -0.25) is 0 Å². The van der Waals surface area contributed by atoms with Gasteiger partial charge in [0.1, 0.15) is 30.3 Å². The standard InChI is InChI=1S/C21H16BrFO3/c22-18-12-20(25-13-15-7-3-1-4-8-15)17(11-19(18)23)21(24)26-14-16-9-5-2-6-10-16/h1-12H,13-14H2. The lowest BCUT2D eigenvalue weighted by Gasteiger charge is -2.13. The molecule has 0 saturated heterocycles. The van der Waals surface area contributed by atoms with Crippen molar-refractivity contribution in [1.29, 1.82) is 0 Å². The number of esters is 1. The number of benzene rings is 3. The minimum Gasteiger partial charge on any atom is -0.488 e. The van der Waals surface area contributed by atoms with Crippen LogP contribution in [0.3, 0.4) is 0 Å². The average Bonchev–Trinajstić information content (AvgIpc) is 2.68. The lowest BCUT2D eigenvalue weighted by molar-refractivity contribution is 0.0467. The van der Waals surface area contributed by atoms with Gasteiger partial charge in [-0.1, -0.05) is 60.7 Å². The summed E-state index contributed by atoms with van der Waals surface area (Å²) in [5, 5.41) is 0. The van der Waals surface area contributed by atoms with Crippen molar-refractivity contribution in [2.75, 3.05) is 0 Å². The molecule has 0 fully saturated rings. The van der Waals surface area contributed by atoms with E-state index in [1.807, 2.05) is 60.7 Å². The first-order valence-corrected chi connectivity index (χ1v) is 8.79. The van der Waals surface area contributed by atoms with E-state index in [0.29, 0.717) is 0 Å². The molecule has 26 heavy (non-hydrogen) atoms. The zero-order chi connectivity index (χ0) is 18.4. The molecule has 5 heteroatoms. The minimum atomic E-state index is -0.636. The van der Waals surface area contributed by atoms with E-state index in [1.165, 1.54) is 6.07 Å². The van der Waals surface area contributed by atoms with Gasteiger partial charge in [-0.15, -0.1) is 0 Å². The van der Waals surface area contributed by atoms with Gasteiger partial charge in [-0.25, -0.2) is 9.18 Å². The number of rotatable bonds is 6. The van der Waals surface area contributed by atoms with Gasteiger partial charge in [0.05, 0.1) is 4.47 Å². The largest absolute Gasteiger partial charge is 0.488 e. The van der Waals surface area contributed by atoms with Crippen LogP contribution >= 0.6 is 15.9 Å². The average molecular weight is 415 g/mol. The molecule has 0 aliphatic carbocycles. The smallest absolute Gasteiger partial charge is 0.342 e. The fraction of sp³-hybridized carbons (Fsp3) is 0.0952. The molecule has 0 aromatic heterocycles. The van der Waals surface area contributed by atoms with Crippen LogP contribution in [-0.2, 0) is 18.0 Å². The summed E-state index contributed by atoms with van der Waals surface area (Å²) in [6.07, 6.45) is 0. The Bertz CT molecular complexity index is 883. The van der Waals surface area contributed by atoms with Gasteiger partial charge < -0.3 is 9.47 Å². The number of ether oxygens (including phenoxy) is 2. The molecule has 0 aliphatic rings. The fourth-order valence-electron chi connectivity index (χ4n) is 2.34. The Morgan fingerprint density at radius 1 is 0.885 bits per heavy atom. The molecule has 132 valence electrons. The topological polar surface area (TPSA) is 35.5 Å². The van der Waals surface area contributed by atoms with Crippen LogP contribution in [0.2, 0.25) is 0 Å². The van der Waals surface area contributed by atoms with Crippen molar-refractivity contribution >= 4 is 21.9 Å². The summed E-state index contributed by atoms with van der Waals surface area (Å²) >= 11 is 3.12. The van der Waals surface area contributed by atoms with Crippen LogP contribution in [-0.4, -0.2) is 5.97 Å². The Kier molecular flexibility index (Phi) is 6.02. The van der Waals surface area contributed by atoms with E-state index in [0.717, 1.165) is 17.2 Å². The van der Waals surface area contributed by atoms with Crippen molar-refractivity contribution in [3.63, 3.8) is 0 Å². The van der Waals surface area contributed by atoms with Gasteiger partial charge in [0.25, 0.3) is 0 Å². The van der Waals surface area contributed by atoms with Crippen LogP contribution < -0.4 is 4.74 Å². The summed E-state index contributed by atoms with van der Waals surface area (Å²) < 4.78 is 25.2. The van der Waals surface area contributed by atoms with Crippen molar-refractivity contribution in [2.24, 2.45) is 0 Å². The van der Waals surface area contributed by atoms with Crippen LogP contribution in [0.25, 0.3) is 0 Å². The molecule has 3 aromatic rings. The minimum absolute atomic E-state index is 0.0533. The first kappa shape index (κ1) is 18.1. The highest BCUT2D eigenvalue weighted by atomic mass is 79.9. The lowest BCUT2D eigenvalue weighted by atomic mass is 10.2. The Morgan fingerprint density at radius 2 is 1.46 bits per heavy atom. The van der Waals surface area contributed by atoms with E-state index in [9.17, 15) is 9.18 Å².